The van der Waals surface area contributed by atoms with Crippen molar-refractivity contribution in [3.8, 4) is 11.4 Å². The van der Waals surface area contributed by atoms with Crippen LogP contribution in [0.3, 0.4) is 0 Å². The predicted molar refractivity (Wildman–Crippen MR) is 60.1 cm³/mol. The SMILES string of the molecule is FC(F)(F)Oc1ccc(-[n+]2cc[nH]c2)cc1.O=C([O-])C(F)(F)F. The quantitative estimate of drug-likeness (QED) is 0.664. The predicted octanol–water partition coefficient (Wildman–Crippen LogP) is 1.49. The average molecular weight is 342 g/mol. The van der Waals surface area contributed by atoms with Gasteiger partial charge in [-0.2, -0.15) is 13.2 Å². The molecule has 0 bridgehead atoms. The Hall–Kier alpha value is -2.72. The van der Waals surface area contributed by atoms with Crippen LogP contribution in [0.1, 0.15) is 0 Å². The summed E-state index contributed by atoms with van der Waals surface area (Å²) in [5.41, 5.74) is 0.746. The minimum Gasteiger partial charge on any atom is -0.542 e. The van der Waals surface area contributed by atoms with Gasteiger partial charge in [0.25, 0.3) is 0 Å². The van der Waals surface area contributed by atoms with Gasteiger partial charge in [-0.3, -0.25) is 0 Å². The highest BCUT2D eigenvalue weighted by atomic mass is 19.4. The highest BCUT2D eigenvalue weighted by Crippen LogP contribution is 2.22. The van der Waals surface area contributed by atoms with E-state index >= 15 is 0 Å². The van der Waals surface area contributed by atoms with Gasteiger partial charge in [-0.25, -0.2) is 9.55 Å². The van der Waals surface area contributed by atoms with E-state index in [9.17, 15) is 26.3 Å². The molecule has 0 amide bonds. The van der Waals surface area contributed by atoms with E-state index in [1.165, 1.54) is 24.3 Å². The number of carbonyl (C=O) groups excluding carboxylic acids is 1. The second-order valence-corrected chi connectivity index (χ2v) is 3.85. The van der Waals surface area contributed by atoms with Crippen LogP contribution in [-0.2, 0) is 4.79 Å². The molecule has 1 aromatic heterocycles. The van der Waals surface area contributed by atoms with Crippen LogP contribution in [-0.4, -0.2) is 23.5 Å². The standard InChI is InChI=1S/C10H7F3N2O.C2HF3O2/c11-10(12,13)16-9-3-1-8(2-4-9)15-6-5-14-7-15;3-2(4,5)1(6)7/h1-7H;(H,6,7). The molecule has 0 spiro atoms. The lowest BCUT2D eigenvalue weighted by atomic mass is 10.3. The van der Waals surface area contributed by atoms with Gasteiger partial charge in [0, 0.05) is 0 Å². The molecule has 0 saturated heterocycles. The number of carboxylic acids is 1. The Morgan fingerprint density at radius 3 is 1.96 bits per heavy atom. The van der Waals surface area contributed by atoms with E-state index < -0.39 is 18.5 Å². The number of carbonyl (C=O) groups is 1. The number of aromatic amines is 1. The molecule has 1 heterocycles. The molecular formula is C12H8F6N2O3. The third-order valence-electron chi connectivity index (χ3n) is 2.14. The van der Waals surface area contributed by atoms with Crippen LogP contribution in [0.25, 0.3) is 5.69 Å². The van der Waals surface area contributed by atoms with Crippen molar-refractivity contribution in [2.24, 2.45) is 0 Å². The number of ether oxygens (including phenoxy) is 1. The van der Waals surface area contributed by atoms with Gasteiger partial charge in [0.05, 0.1) is 0 Å². The minimum absolute atomic E-state index is 0.229. The molecule has 1 aromatic carbocycles. The third-order valence-corrected chi connectivity index (χ3v) is 2.14. The summed E-state index contributed by atoms with van der Waals surface area (Å²) in [7, 11) is 0. The van der Waals surface area contributed by atoms with Crippen LogP contribution in [0.5, 0.6) is 5.75 Å². The summed E-state index contributed by atoms with van der Waals surface area (Å²) in [6.07, 6.45) is -4.71. The van der Waals surface area contributed by atoms with Crippen molar-refractivity contribution >= 4 is 5.97 Å². The Labute approximate surface area is 124 Å². The summed E-state index contributed by atoms with van der Waals surface area (Å²) >= 11 is 0. The summed E-state index contributed by atoms with van der Waals surface area (Å²) in [4.78, 5) is 11.6. The van der Waals surface area contributed by atoms with Crippen molar-refractivity contribution in [1.29, 1.82) is 0 Å². The van der Waals surface area contributed by atoms with Gasteiger partial charge in [-0.05, 0) is 24.3 Å². The number of aromatic nitrogens is 2. The Balaban J connectivity index is 0.000000322. The summed E-state index contributed by atoms with van der Waals surface area (Å²) in [6.45, 7) is 0. The number of imidazole rings is 1. The van der Waals surface area contributed by atoms with Gasteiger partial charge in [0.1, 0.15) is 29.8 Å². The molecule has 0 aliphatic rings. The third kappa shape index (κ3) is 6.72. The zero-order chi connectivity index (χ0) is 17.7. The van der Waals surface area contributed by atoms with E-state index in [0.717, 1.165) is 5.69 Å². The monoisotopic (exact) mass is 342 g/mol. The number of carboxylic acid groups (broad SMARTS) is 1. The van der Waals surface area contributed by atoms with Crippen LogP contribution in [0.15, 0.2) is 43.0 Å². The van der Waals surface area contributed by atoms with Crippen LogP contribution in [0.2, 0.25) is 0 Å². The molecule has 11 heteroatoms. The van der Waals surface area contributed by atoms with Gasteiger partial charge in [-0.1, -0.05) is 0 Å². The highest BCUT2D eigenvalue weighted by Gasteiger charge is 2.31. The van der Waals surface area contributed by atoms with Crippen molar-refractivity contribution in [2.75, 3.05) is 0 Å². The number of benzene rings is 1. The molecule has 0 aliphatic carbocycles. The molecule has 1 N–H and O–H groups in total. The van der Waals surface area contributed by atoms with Crippen molar-refractivity contribution in [2.45, 2.75) is 12.5 Å². The lowest BCUT2D eigenvalue weighted by molar-refractivity contribution is -0.594. The molecule has 0 aliphatic heterocycles. The molecule has 0 fully saturated rings. The molecular weight excluding hydrogens is 334 g/mol. The largest absolute Gasteiger partial charge is 0.573 e. The normalized spacial score (nSPS) is 11.4. The average Bonchev–Trinajstić information content (AvgIpc) is 2.91. The fourth-order valence-corrected chi connectivity index (χ4v) is 1.27. The zero-order valence-electron chi connectivity index (χ0n) is 11.0. The van der Waals surface area contributed by atoms with E-state index in [-0.39, 0.29) is 5.75 Å². The molecule has 0 saturated carbocycles. The van der Waals surface area contributed by atoms with Crippen LogP contribution in [0.4, 0.5) is 26.3 Å². The van der Waals surface area contributed by atoms with E-state index in [0.29, 0.717) is 0 Å². The number of nitrogens with one attached hydrogen (secondary N) is 1. The number of halogens is 6. The van der Waals surface area contributed by atoms with E-state index in [2.05, 4.69) is 9.72 Å². The van der Waals surface area contributed by atoms with Crippen molar-refractivity contribution in [3.63, 3.8) is 0 Å². The van der Waals surface area contributed by atoms with Gasteiger partial charge in [0.2, 0.25) is 6.33 Å². The fraction of sp³-hybridized carbons (Fsp3) is 0.167. The lowest BCUT2D eigenvalue weighted by Gasteiger charge is -2.08. The highest BCUT2D eigenvalue weighted by molar-refractivity contribution is 5.70. The van der Waals surface area contributed by atoms with Crippen molar-refractivity contribution < 1.29 is 45.5 Å². The maximum Gasteiger partial charge on any atom is 0.573 e. The van der Waals surface area contributed by atoms with Crippen LogP contribution in [0, 0.1) is 0 Å². The summed E-state index contributed by atoms with van der Waals surface area (Å²) < 4.78 is 72.7. The van der Waals surface area contributed by atoms with Gasteiger partial charge >= 0.3 is 12.5 Å². The summed E-state index contributed by atoms with van der Waals surface area (Å²) in [5, 5.41) is 8.78. The molecule has 2 aromatic rings. The number of nitrogens with zero attached hydrogens (tertiary/aromatic N) is 1. The molecule has 126 valence electrons. The topological polar surface area (TPSA) is 69.0 Å². The number of hydrogen-bond acceptors (Lipinski definition) is 3. The molecule has 5 nitrogen and oxygen atoms in total. The minimum atomic E-state index is -5.19. The molecule has 23 heavy (non-hydrogen) atoms. The maximum absolute atomic E-state index is 11.9. The Kier molecular flexibility index (Phi) is 5.60. The lowest BCUT2D eigenvalue weighted by Crippen LogP contribution is -2.37. The zero-order valence-corrected chi connectivity index (χ0v) is 11.0. The number of H-pyrrole nitrogens is 1. The Bertz CT molecular complexity index is 620. The van der Waals surface area contributed by atoms with Crippen molar-refractivity contribution in [3.05, 3.63) is 43.0 Å². The van der Waals surface area contributed by atoms with Crippen LogP contribution < -0.4 is 14.4 Å². The first-order valence-electron chi connectivity index (χ1n) is 5.67. The van der Waals surface area contributed by atoms with Gasteiger partial charge in [-0.15, -0.1) is 13.2 Å². The van der Waals surface area contributed by atoms with Gasteiger partial charge < -0.3 is 14.6 Å². The van der Waals surface area contributed by atoms with Gasteiger partial charge in [0.15, 0.2) is 0 Å². The molecule has 2 rings (SSSR count). The Morgan fingerprint density at radius 2 is 1.61 bits per heavy atom. The summed E-state index contributed by atoms with van der Waals surface area (Å²) in [5.74, 6) is -3.24. The van der Waals surface area contributed by atoms with E-state index in [4.69, 9.17) is 9.90 Å². The van der Waals surface area contributed by atoms with E-state index in [1.807, 2.05) is 0 Å². The number of alkyl halides is 6. The van der Waals surface area contributed by atoms with Crippen molar-refractivity contribution in [1.82, 2.24) is 4.98 Å². The number of aliphatic carboxylic acids is 1. The maximum atomic E-state index is 11.9. The molecule has 0 unspecified atom stereocenters. The summed E-state index contributed by atoms with van der Waals surface area (Å²) in [6, 6.07) is 5.61. The second kappa shape index (κ2) is 7.03. The number of rotatable bonds is 2. The second-order valence-electron chi connectivity index (χ2n) is 3.85. The van der Waals surface area contributed by atoms with E-state index in [1.54, 1.807) is 23.3 Å². The first kappa shape index (κ1) is 18.3. The molecule has 0 atom stereocenters. The first-order valence-corrected chi connectivity index (χ1v) is 5.67. The first-order chi connectivity index (χ1) is 10.5. The fourth-order valence-electron chi connectivity index (χ4n) is 1.27. The van der Waals surface area contributed by atoms with Crippen LogP contribution >= 0.6 is 0 Å². The number of hydrogen-bond donors (Lipinski definition) is 1. The smallest absolute Gasteiger partial charge is 0.542 e. The molecule has 0 radical (unpaired) electrons. The Morgan fingerprint density at radius 1 is 1.09 bits per heavy atom.